The molecule has 116 valence electrons. The summed E-state index contributed by atoms with van der Waals surface area (Å²) >= 11 is 0. The molecule has 16 heteroatoms. The maximum Gasteiger partial charge on any atom is 1.00 e. The van der Waals surface area contributed by atoms with Crippen LogP contribution in [-0.4, -0.2) is 68.7 Å². The van der Waals surface area contributed by atoms with Crippen molar-refractivity contribution in [3.05, 3.63) is 0 Å². The van der Waals surface area contributed by atoms with E-state index in [0.717, 1.165) is 0 Å². The zero-order chi connectivity index (χ0) is 16.6. The van der Waals surface area contributed by atoms with Gasteiger partial charge in [0.2, 0.25) is 0 Å². The summed E-state index contributed by atoms with van der Waals surface area (Å²) in [5.74, 6) is -8.23. The first kappa shape index (κ1) is 39.3. The molecular weight excluding hydrogens is 316 g/mol. The smallest absolute Gasteiger partial charge is 0.547 e. The molecule has 24 heavy (non-hydrogen) atoms. The van der Waals surface area contributed by atoms with Gasteiger partial charge in [-0.15, -0.1) is 0 Å². The van der Waals surface area contributed by atoms with E-state index in [-0.39, 0.29) is 75.4 Å². The molecule has 0 aliphatic carbocycles. The van der Waals surface area contributed by atoms with Crippen molar-refractivity contribution in [2.75, 3.05) is 0 Å². The van der Waals surface area contributed by atoms with Crippen LogP contribution in [0.4, 0.5) is 0 Å². The molecule has 0 unspecified atom stereocenters. The van der Waals surface area contributed by atoms with Crippen LogP contribution in [0.25, 0.3) is 0 Å². The molecule has 0 saturated heterocycles. The van der Waals surface area contributed by atoms with E-state index in [0.29, 0.717) is 0 Å². The van der Waals surface area contributed by atoms with Gasteiger partial charge in [0.05, 0.1) is 23.9 Å². The van der Waals surface area contributed by atoms with Gasteiger partial charge in [0.15, 0.2) is 0 Å². The molecule has 0 aromatic heterocycles. The summed E-state index contributed by atoms with van der Waals surface area (Å²) in [7, 11) is 0. The predicted molar refractivity (Wildman–Crippen MR) is 44.1 cm³/mol. The van der Waals surface area contributed by atoms with Gasteiger partial charge in [-0.25, -0.2) is 0 Å². The maximum absolute atomic E-state index is 9.63. The predicted octanol–water partition coefficient (Wildman–Crippen LogP) is -21.6. The van der Waals surface area contributed by atoms with Crippen molar-refractivity contribution in [1.29, 1.82) is 0 Å². The Bertz CT molecular complexity index is 319. The minimum atomic E-state index is -2.44. The molecule has 0 radical (unpaired) electrons. The second kappa shape index (κ2) is 19.4. The SMILES string of the molecule is O=C([O-])[C@H](O)[C@@H](O)C(=O)[O-].O=C([O-])[C@H](O)[C@@H](O)C(=O)[O-].[Li+].[Li+].[Li+].[Li+]. The zero-order valence-corrected chi connectivity index (χ0v) is 13.4. The van der Waals surface area contributed by atoms with Crippen molar-refractivity contribution in [2.45, 2.75) is 24.4 Å². The van der Waals surface area contributed by atoms with Crippen molar-refractivity contribution >= 4 is 23.9 Å². The molecule has 0 aromatic carbocycles. The molecule has 0 aromatic rings. The Kier molecular flexibility index (Phi) is 31.8. The third-order valence-electron chi connectivity index (χ3n) is 1.56. The molecule has 12 nitrogen and oxygen atoms in total. The Morgan fingerprint density at radius 1 is 0.458 bits per heavy atom. The minimum Gasteiger partial charge on any atom is -0.547 e. The number of carboxylic acid groups (broad SMARTS) is 4. The first-order valence-corrected chi connectivity index (χ1v) is 4.49. The molecule has 0 fully saturated rings. The Hall–Kier alpha value is 0.110. The molecule has 0 spiro atoms. The van der Waals surface area contributed by atoms with Crippen LogP contribution < -0.4 is 95.9 Å². The first-order valence-electron chi connectivity index (χ1n) is 4.49. The number of carbonyl (C=O) groups is 4. The largest absolute Gasteiger partial charge is 1.00 e. The number of rotatable bonds is 6. The third kappa shape index (κ3) is 16.9. The van der Waals surface area contributed by atoms with Crippen LogP contribution in [0.3, 0.4) is 0 Å². The monoisotopic (exact) mass is 324 g/mol. The van der Waals surface area contributed by atoms with Gasteiger partial charge >= 0.3 is 75.4 Å². The van der Waals surface area contributed by atoms with E-state index >= 15 is 0 Å². The molecule has 0 saturated carbocycles. The summed E-state index contributed by atoms with van der Waals surface area (Å²) in [6.45, 7) is 0. The summed E-state index contributed by atoms with van der Waals surface area (Å²) in [4.78, 5) is 38.5. The van der Waals surface area contributed by atoms with Gasteiger partial charge in [-0.05, 0) is 0 Å². The molecule has 0 rings (SSSR count). The van der Waals surface area contributed by atoms with Gasteiger partial charge in [-0.1, -0.05) is 0 Å². The van der Waals surface area contributed by atoms with Gasteiger partial charge in [-0.2, -0.15) is 0 Å². The standard InChI is InChI=1S/2C4H6O6.4Li/c2*5-1(3(7)8)2(6)4(9)10;;;;/h2*1-2,5-6H,(H,7,8)(H,9,10);;;;/q;;4*+1/p-4/t2*1-,2-;;;;/m11..../s1. The van der Waals surface area contributed by atoms with E-state index in [2.05, 4.69) is 0 Å². The Morgan fingerprint density at radius 2 is 0.542 bits per heavy atom. The number of aliphatic hydroxyl groups excluding tert-OH is 4. The maximum atomic E-state index is 9.63. The summed E-state index contributed by atoms with van der Waals surface area (Å²) in [5, 5.41) is 71.5. The van der Waals surface area contributed by atoms with E-state index < -0.39 is 48.3 Å². The number of carboxylic acids is 4. The van der Waals surface area contributed by atoms with Crippen LogP contribution in [0.15, 0.2) is 0 Å². The second-order valence-corrected chi connectivity index (χ2v) is 3.06. The summed E-state index contributed by atoms with van der Waals surface area (Å²) in [5.41, 5.74) is 0. The van der Waals surface area contributed by atoms with E-state index in [4.69, 9.17) is 20.4 Å². The van der Waals surface area contributed by atoms with Crippen molar-refractivity contribution < 1.29 is 135 Å². The summed E-state index contributed by atoms with van der Waals surface area (Å²) < 4.78 is 0. The number of hydrogen-bond acceptors (Lipinski definition) is 12. The van der Waals surface area contributed by atoms with E-state index in [9.17, 15) is 39.6 Å². The van der Waals surface area contributed by atoms with E-state index in [1.165, 1.54) is 0 Å². The van der Waals surface area contributed by atoms with Crippen molar-refractivity contribution in [1.82, 2.24) is 0 Å². The van der Waals surface area contributed by atoms with Crippen LogP contribution in [0, 0.1) is 0 Å². The molecule has 0 amide bonds. The quantitative estimate of drug-likeness (QED) is 0.333. The molecular formula is C8H8Li4O12. The van der Waals surface area contributed by atoms with Crippen LogP contribution >= 0.6 is 0 Å². The Morgan fingerprint density at radius 3 is 0.583 bits per heavy atom. The van der Waals surface area contributed by atoms with Gasteiger partial charge in [0, 0.05) is 0 Å². The molecule has 0 heterocycles. The number of carbonyl (C=O) groups excluding carboxylic acids is 4. The molecule has 4 atom stereocenters. The normalized spacial score (nSPS) is 13.2. The fraction of sp³-hybridized carbons (Fsp3) is 0.500. The van der Waals surface area contributed by atoms with Gasteiger partial charge in [0.1, 0.15) is 24.4 Å². The van der Waals surface area contributed by atoms with Crippen LogP contribution in [0.1, 0.15) is 0 Å². The van der Waals surface area contributed by atoms with Gasteiger partial charge in [0.25, 0.3) is 0 Å². The van der Waals surface area contributed by atoms with E-state index in [1.807, 2.05) is 0 Å². The first-order chi connectivity index (χ1) is 8.93. The fourth-order valence-electron chi connectivity index (χ4n) is 0.516. The molecule has 4 N–H and O–H groups in total. The van der Waals surface area contributed by atoms with Crippen molar-refractivity contribution in [2.24, 2.45) is 0 Å². The zero-order valence-electron chi connectivity index (χ0n) is 13.4. The molecule has 0 aliphatic heterocycles. The molecule has 0 bridgehead atoms. The summed E-state index contributed by atoms with van der Waals surface area (Å²) in [6.07, 6.45) is -9.76. The Balaban J connectivity index is -0.0000000579. The van der Waals surface area contributed by atoms with Crippen LogP contribution in [0.2, 0.25) is 0 Å². The average Bonchev–Trinajstić information content (AvgIpc) is 2.35. The number of aliphatic hydroxyl groups is 4. The summed E-state index contributed by atoms with van der Waals surface area (Å²) in [6, 6.07) is 0. The van der Waals surface area contributed by atoms with Crippen LogP contribution in [0.5, 0.6) is 0 Å². The average molecular weight is 324 g/mol. The fourth-order valence-corrected chi connectivity index (χ4v) is 0.516. The molecule has 0 aliphatic rings. The second-order valence-electron chi connectivity index (χ2n) is 3.06. The number of hydrogen-bond donors (Lipinski definition) is 4. The van der Waals surface area contributed by atoms with Gasteiger partial charge < -0.3 is 60.0 Å². The Labute approximate surface area is 182 Å². The van der Waals surface area contributed by atoms with E-state index in [1.54, 1.807) is 0 Å². The van der Waals surface area contributed by atoms with Crippen molar-refractivity contribution in [3.8, 4) is 0 Å². The topological polar surface area (TPSA) is 241 Å². The van der Waals surface area contributed by atoms with Gasteiger partial charge in [-0.3, -0.25) is 0 Å². The van der Waals surface area contributed by atoms with Crippen LogP contribution in [-0.2, 0) is 19.2 Å². The van der Waals surface area contributed by atoms with Crippen molar-refractivity contribution in [3.63, 3.8) is 0 Å². The third-order valence-corrected chi connectivity index (χ3v) is 1.56. The number of aliphatic carboxylic acids is 4. The minimum absolute atomic E-state index is 0.